The number of piperidine rings is 2. The average molecular weight is 683 g/mol. The van der Waals surface area contributed by atoms with E-state index in [9.17, 15) is 45.1 Å². The van der Waals surface area contributed by atoms with Gasteiger partial charge in [0.05, 0.1) is 5.60 Å². The number of sulfonamides is 1. The van der Waals surface area contributed by atoms with Crippen molar-refractivity contribution in [1.29, 1.82) is 0 Å². The lowest BCUT2D eigenvalue weighted by molar-refractivity contribution is -0.289. The minimum absolute atomic E-state index is 0.00751. The molecule has 254 valence electrons. The fourth-order valence-corrected chi connectivity index (χ4v) is 7.25. The number of aryl methyl sites for hydroxylation is 2. The molecule has 2 saturated heterocycles. The van der Waals surface area contributed by atoms with Crippen molar-refractivity contribution >= 4 is 33.7 Å². The van der Waals surface area contributed by atoms with E-state index in [2.05, 4.69) is 10.3 Å². The maximum Gasteiger partial charge on any atom is 0.458 e. The summed E-state index contributed by atoms with van der Waals surface area (Å²) >= 11 is 0. The van der Waals surface area contributed by atoms with Crippen molar-refractivity contribution in [2.45, 2.75) is 69.7 Å². The van der Waals surface area contributed by atoms with Gasteiger partial charge >= 0.3 is 12.1 Å². The predicted molar refractivity (Wildman–Crippen MR) is 164 cm³/mol. The van der Waals surface area contributed by atoms with Crippen molar-refractivity contribution in [2.75, 3.05) is 26.2 Å². The predicted octanol–water partition coefficient (Wildman–Crippen LogP) is 4.66. The lowest BCUT2D eigenvalue weighted by Crippen LogP contribution is -2.50. The molecule has 2 fully saturated rings. The average Bonchev–Trinajstić information content (AvgIpc) is 3.30. The van der Waals surface area contributed by atoms with E-state index in [1.807, 2.05) is 0 Å². The fraction of sp³-hybridized carbons (Fsp3) is 0.469. The molecule has 2 aromatic carbocycles. The van der Waals surface area contributed by atoms with Gasteiger partial charge in [0.2, 0.25) is 10.0 Å². The Kier molecular flexibility index (Phi) is 8.90. The number of rotatable bonds is 6. The van der Waals surface area contributed by atoms with Gasteiger partial charge in [0.25, 0.3) is 11.8 Å². The number of nitrogens with zero attached hydrogens (tertiary/aromatic N) is 3. The number of carbonyl (C=O) groups excluding carboxylic acids is 2. The monoisotopic (exact) mass is 682 g/mol. The van der Waals surface area contributed by atoms with E-state index in [1.165, 1.54) is 10.4 Å². The summed E-state index contributed by atoms with van der Waals surface area (Å²) in [6.07, 6.45) is -3.27. The number of aliphatic imine (C=N–C) groups is 1. The molecule has 47 heavy (non-hydrogen) atoms. The molecule has 1 spiro atoms. The second kappa shape index (κ2) is 12.1. The molecule has 2 aromatic rings. The van der Waals surface area contributed by atoms with E-state index in [4.69, 9.17) is 0 Å². The largest absolute Gasteiger partial charge is 0.458 e. The lowest BCUT2D eigenvalue weighted by Gasteiger charge is -2.36. The fourth-order valence-electron chi connectivity index (χ4n) is 6.08. The van der Waals surface area contributed by atoms with Gasteiger partial charge in [-0.25, -0.2) is 8.42 Å². The SMILES string of the molecule is Cc1cc(C(=O)N2CCC(C)(O)CC2)cc(C)c1/C=C/S(=O)(=O)N1CCC2(CC1)N=C(c1ccc(C(F)(F)C(F)(F)F)cc1)NC2=O. The number of amidine groups is 1. The van der Waals surface area contributed by atoms with Gasteiger partial charge < -0.3 is 15.3 Å². The minimum atomic E-state index is -5.76. The summed E-state index contributed by atoms with van der Waals surface area (Å²) in [4.78, 5) is 32.1. The zero-order valence-electron chi connectivity index (χ0n) is 26.0. The van der Waals surface area contributed by atoms with Gasteiger partial charge in [0, 0.05) is 48.3 Å². The number of carbonyl (C=O) groups is 2. The van der Waals surface area contributed by atoms with Gasteiger partial charge in [-0.1, -0.05) is 24.3 Å². The third-order valence-electron chi connectivity index (χ3n) is 9.14. The number of likely N-dealkylation sites (tertiary alicyclic amines) is 1. The van der Waals surface area contributed by atoms with Crippen LogP contribution in [0.1, 0.15) is 70.8 Å². The van der Waals surface area contributed by atoms with Gasteiger partial charge in [-0.05, 0) is 81.4 Å². The Labute approximate surface area is 269 Å². The maximum atomic E-state index is 13.7. The molecule has 3 aliphatic heterocycles. The molecule has 0 bridgehead atoms. The summed E-state index contributed by atoms with van der Waals surface area (Å²) in [6.45, 7) is 6.12. The number of benzene rings is 2. The van der Waals surface area contributed by atoms with E-state index in [0.29, 0.717) is 60.3 Å². The molecule has 0 atom stereocenters. The first kappa shape index (κ1) is 34.6. The van der Waals surface area contributed by atoms with Crippen LogP contribution in [0.5, 0.6) is 0 Å². The minimum Gasteiger partial charge on any atom is -0.390 e. The third kappa shape index (κ3) is 6.83. The van der Waals surface area contributed by atoms with Crippen LogP contribution < -0.4 is 5.32 Å². The van der Waals surface area contributed by atoms with Crippen LogP contribution in [-0.2, 0) is 20.7 Å². The van der Waals surface area contributed by atoms with Crippen LogP contribution in [0.25, 0.3) is 6.08 Å². The van der Waals surface area contributed by atoms with Gasteiger partial charge in [-0.2, -0.15) is 26.3 Å². The molecule has 5 rings (SSSR count). The number of alkyl halides is 5. The Morgan fingerprint density at radius 3 is 2.04 bits per heavy atom. The zero-order valence-corrected chi connectivity index (χ0v) is 26.8. The Bertz CT molecular complexity index is 1710. The molecular weight excluding hydrogens is 647 g/mol. The number of aliphatic hydroxyl groups is 1. The van der Waals surface area contributed by atoms with Crippen LogP contribution in [0, 0.1) is 13.8 Å². The highest BCUT2D eigenvalue weighted by Crippen LogP contribution is 2.44. The van der Waals surface area contributed by atoms with E-state index >= 15 is 0 Å². The smallest absolute Gasteiger partial charge is 0.390 e. The molecule has 0 aromatic heterocycles. The topological polar surface area (TPSA) is 119 Å². The lowest BCUT2D eigenvalue weighted by atomic mass is 9.89. The summed E-state index contributed by atoms with van der Waals surface area (Å²) in [6, 6.07) is 6.71. The van der Waals surface area contributed by atoms with Crippen molar-refractivity contribution in [2.24, 2.45) is 4.99 Å². The zero-order chi connectivity index (χ0) is 34.6. The van der Waals surface area contributed by atoms with Crippen molar-refractivity contribution in [3.63, 3.8) is 0 Å². The normalized spacial score (nSPS) is 20.5. The number of hydrogen-bond acceptors (Lipinski definition) is 6. The highest BCUT2D eigenvalue weighted by molar-refractivity contribution is 7.92. The Hall–Kier alpha value is -3.69. The summed E-state index contributed by atoms with van der Waals surface area (Å²) in [5.74, 6) is -5.70. The van der Waals surface area contributed by atoms with Crippen molar-refractivity contribution < 1.29 is 45.1 Å². The molecule has 0 unspecified atom stereocenters. The number of hydrogen-bond donors (Lipinski definition) is 2. The first-order valence-corrected chi connectivity index (χ1v) is 16.5. The van der Waals surface area contributed by atoms with Gasteiger partial charge in [-0.3, -0.25) is 14.6 Å². The number of nitrogens with one attached hydrogen (secondary N) is 1. The van der Waals surface area contributed by atoms with Crippen molar-refractivity contribution in [3.8, 4) is 0 Å². The quantitative estimate of drug-likeness (QED) is 0.430. The van der Waals surface area contributed by atoms with Crippen LogP contribution in [-0.4, -0.2) is 83.9 Å². The molecule has 0 aliphatic carbocycles. The third-order valence-corrected chi connectivity index (χ3v) is 10.7. The summed E-state index contributed by atoms with van der Waals surface area (Å²) in [5.41, 5.74) is -0.668. The second-order valence-electron chi connectivity index (χ2n) is 12.7. The first-order chi connectivity index (χ1) is 21.7. The maximum absolute atomic E-state index is 13.7. The van der Waals surface area contributed by atoms with Gasteiger partial charge in [0.1, 0.15) is 11.4 Å². The van der Waals surface area contributed by atoms with Crippen LogP contribution in [0.3, 0.4) is 0 Å². The molecule has 15 heteroatoms. The van der Waals surface area contributed by atoms with Crippen molar-refractivity contribution in [3.05, 3.63) is 75.2 Å². The molecule has 9 nitrogen and oxygen atoms in total. The number of halogens is 5. The first-order valence-electron chi connectivity index (χ1n) is 15.0. The van der Waals surface area contributed by atoms with Crippen molar-refractivity contribution in [1.82, 2.24) is 14.5 Å². The van der Waals surface area contributed by atoms with Gasteiger partial charge in [-0.15, -0.1) is 0 Å². The highest BCUT2D eigenvalue weighted by atomic mass is 32.2. The highest BCUT2D eigenvalue weighted by Gasteiger charge is 2.58. The van der Waals surface area contributed by atoms with Crippen LogP contribution in [0.15, 0.2) is 46.8 Å². The molecule has 3 heterocycles. The van der Waals surface area contributed by atoms with E-state index < -0.39 is 44.7 Å². The molecule has 2 amide bonds. The van der Waals surface area contributed by atoms with Crippen LogP contribution in [0.2, 0.25) is 0 Å². The van der Waals surface area contributed by atoms with E-state index in [1.54, 1.807) is 37.8 Å². The Balaban J connectivity index is 1.25. The molecule has 0 radical (unpaired) electrons. The van der Waals surface area contributed by atoms with Gasteiger partial charge in [0.15, 0.2) is 0 Å². The standard InChI is InChI=1S/C32H35F5N4O5S/c1-20-18-23(27(42)40-13-9-29(3,44)10-14-40)19-21(2)25(20)8-17-47(45,46)41-15-11-30(12-16-41)28(43)38-26(39-30)22-4-6-24(7-5-22)31(33,34)32(35,36)37/h4-8,17-19,44H,9-16H2,1-3H3,(H,38,39,43)/b17-8+. The van der Waals surface area contributed by atoms with E-state index in [0.717, 1.165) is 17.5 Å². The summed E-state index contributed by atoms with van der Waals surface area (Å²) in [5, 5.41) is 13.8. The van der Waals surface area contributed by atoms with Crippen LogP contribution >= 0.6 is 0 Å². The Morgan fingerprint density at radius 2 is 1.51 bits per heavy atom. The second-order valence-corrected chi connectivity index (χ2v) is 14.5. The summed E-state index contributed by atoms with van der Waals surface area (Å²) < 4.78 is 93.2. The van der Waals surface area contributed by atoms with E-state index in [-0.39, 0.29) is 43.2 Å². The molecule has 2 N–H and O–H groups in total. The number of amides is 2. The van der Waals surface area contributed by atoms with Crippen LogP contribution in [0.4, 0.5) is 22.0 Å². The molecule has 0 saturated carbocycles. The molecule has 3 aliphatic rings. The Morgan fingerprint density at radius 1 is 0.957 bits per heavy atom. The molecular formula is C32H35F5N4O5S. The summed E-state index contributed by atoms with van der Waals surface area (Å²) in [7, 11) is -3.92.